The van der Waals surface area contributed by atoms with Gasteiger partial charge in [-0.15, -0.1) is 10.2 Å². The molecule has 0 aliphatic carbocycles. The number of hydrogen-bond donors (Lipinski definition) is 2. The molecule has 0 fully saturated rings. The Kier molecular flexibility index (Phi) is 5.47. The fraction of sp³-hybridized carbons (Fsp3) is 0.333. The van der Waals surface area contributed by atoms with E-state index in [1.54, 1.807) is 17.8 Å². The molecule has 0 saturated heterocycles. The molecule has 11 heteroatoms. The largest absolute Gasteiger partial charge is 0.363 e. The number of carbonyl (C=O) groups is 1. The average molecular weight is 390 g/mol. The van der Waals surface area contributed by atoms with Gasteiger partial charge in [0.1, 0.15) is 5.82 Å². The Hall–Kier alpha value is -2.53. The summed E-state index contributed by atoms with van der Waals surface area (Å²) in [6.07, 6.45) is 0. The summed E-state index contributed by atoms with van der Waals surface area (Å²) in [5, 5.41) is 18.8. The fourth-order valence-corrected chi connectivity index (χ4v) is 3.72. The topological polar surface area (TPSA) is 111 Å². The highest BCUT2D eigenvalue weighted by molar-refractivity contribution is 8.01. The molecule has 3 heterocycles. The van der Waals surface area contributed by atoms with Crippen molar-refractivity contribution in [3.8, 4) is 5.95 Å². The van der Waals surface area contributed by atoms with Gasteiger partial charge in [-0.05, 0) is 26.8 Å². The van der Waals surface area contributed by atoms with Gasteiger partial charge in [0, 0.05) is 24.5 Å². The van der Waals surface area contributed by atoms with E-state index in [1.807, 2.05) is 26.8 Å². The van der Waals surface area contributed by atoms with Gasteiger partial charge >= 0.3 is 0 Å². The number of rotatable bonds is 6. The Morgan fingerprint density at radius 2 is 1.88 bits per heavy atom. The predicted octanol–water partition coefficient (Wildman–Crippen LogP) is 2.21. The molecule has 3 aromatic heterocycles. The van der Waals surface area contributed by atoms with E-state index >= 15 is 0 Å². The molecule has 136 valence electrons. The van der Waals surface area contributed by atoms with E-state index < -0.39 is 0 Å². The molecule has 9 nitrogen and oxygen atoms in total. The van der Waals surface area contributed by atoms with Crippen LogP contribution in [-0.2, 0) is 4.79 Å². The minimum absolute atomic E-state index is 0.165. The Morgan fingerprint density at radius 3 is 2.54 bits per heavy atom. The number of nitrogens with one attached hydrogen (secondary N) is 2. The van der Waals surface area contributed by atoms with Crippen LogP contribution in [0.4, 0.5) is 10.9 Å². The minimum atomic E-state index is -0.165. The summed E-state index contributed by atoms with van der Waals surface area (Å²) in [5.41, 5.74) is 2.44. The molecular formula is C15H18N8OS2. The number of anilines is 2. The zero-order chi connectivity index (χ0) is 18.7. The number of thioether (sulfide) groups is 1. The van der Waals surface area contributed by atoms with Gasteiger partial charge < -0.3 is 10.6 Å². The summed E-state index contributed by atoms with van der Waals surface area (Å²) >= 11 is 2.73. The SMILES string of the molecule is CNc1nnc(SCC(=O)Nc2cc(C)nn2-c2nc(C)cc(C)n2)s1. The molecule has 3 aromatic rings. The van der Waals surface area contributed by atoms with Crippen molar-refractivity contribution in [2.24, 2.45) is 0 Å². The first-order valence-corrected chi connectivity index (χ1v) is 9.58. The maximum absolute atomic E-state index is 12.3. The van der Waals surface area contributed by atoms with Gasteiger partial charge in [0.15, 0.2) is 4.34 Å². The first kappa shape index (κ1) is 18.3. The molecule has 1 amide bonds. The lowest BCUT2D eigenvalue weighted by Gasteiger charge is -2.08. The van der Waals surface area contributed by atoms with Crippen molar-refractivity contribution >= 4 is 40.0 Å². The molecule has 0 aliphatic heterocycles. The fourth-order valence-electron chi connectivity index (χ4n) is 2.22. The first-order valence-electron chi connectivity index (χ1n) is 7.78. The number of amides is 1. The minimum Gasteiger partial charge on any atom is -0.363 e. The Labute approximate surface area is 158 Å². The lowest BCUT2D eigenvalue weighted by atomic mass is 10.4. The van der Waals surface area contributed by atoms with Crippen molar-refractivity contribution < 1.29 is 4.79 Å². The van der Waals surface area contributed by atoms with Gasteiger partial charge in [-0.2, -0.15) is 9.78 Å². The Balaban J connectivity index is 1.72. The van der Waals surface area contributed by atoms with Crippen molar-refractivity contribution in [2.45, 2.75) is 25.1 Å². The molecule has 3 rings (SSSR count). The summed E-state index contributed by atoms with van der Waals surface area (Å²) in [4.78, 5) is 21.1. The number of aromatic nitrogens is 6. The standard InChI is InChI=1S/C15H18N8OS2/c1-8-5-9(2)18-13(17-8)23-11(6-10(3)22-23)19-12(24)7-25-15-21-20-14(16-4)26-15/h5-6H,7H2,1-4H3,(H,16,20)(H,19,24). The van der Waals surface area contributed by atoms with Crippen molar-refractivity contribution in [1.29, 1.82) is 0 Å². The lowest BCUT2D eigenvalue weighted by molar-refractivity contribution is -0.113. The summed E-state index contributed by atoms with van der Waals surface area (Å²) < 4.78 is 2.27. The third-order valence-electron chi connectivity index (χ3n) is 3.21. The lowest BCUT2D eigenvalue weighted by Crippen LogP contribution is -2.18. The van der Waals surface area contributed by atoms with Crippen molar-refractivity contribution in [2.75, 3.05) is 23.4 Å². The summed E-state index contributed by atoms with van der Waals surface area (Å²) in [5.74, 6) is 1.02. The maximum atomic E-state index is 12.3. The highest BCUT2D eigenvalue weighted by Crippen LogP contribution is 2.25. The average Bonchev–Trinajstić information content (AvgIpc) is 3.18. The number of nitrogens with zero attached hydrogens (tertiary/aromatic N) is 6. The quantitative estimate of drug-likeness (QED) is 0.617. The van der Waals surface area contributed by atoms with E-state index in [2.05, 4.69) is 35.9 Å². The third-order valence-corrected chi connectivity index (χ3v) is 5.28. The van der Waals surface area contributed by atoms with Gasteiger partial charge in [0.25, 0.3) is 5.95 Å². The molecule has 0 radical (unpaired) electrons. The van der Waals surface area contributed by atoms with Gasteiger partial charge in [0.05, 0.1) is 11.4 Å². The highest BCUT2D eigenvalue weighted by Gasteiger charge is 2.14. The van der Waals surface area contributed by atoms with Crippen LogP contribution >= 0.6 is 23.1 Å². The number of hydrogen-bond acceptors (Lipinski definition) is 9. The van der Waals surface area contributed by atoms with Gasteiger partial charge in [-0.1, -0.05) is 23.1 Å². The zero-order valence-corrected chi connectivity index (χ0v) is 16.4. The van der Waals surface area contributed by atoms with Crippen LogP contribution in [-0.4, -0.2) is 48.7 Å². The third kappa shape index (κ3) is 4.35. The van der Waals surface area contributed by atoms with Crippen molar-refractivity contribution in [1.82, 2.24) is 29.9 Å². The maximum Gasteiger partial charge on any atom is 0.252 e. The number of aryl methyl sites for hydroxylation is 3. The van der Waals surface area contributed by atoms with E-state index in [9.17, 15) is 4.79 Å². The summed E-state index contributed by atoms with van der Waals surface area (Å²) in [6, 6.07) is 3.67. The van der Waals surface area contributed by atoms with E-state index in [0.29, 0.717) is 16.9 Å². The first-order chi connectivity index (χ1) is 12.4. The molecule has 26 heavy (non-hydrogen) atoms. The molecule has 0 aromatic carbocycles. The van der Waals surface area contributed by atoms with Crippen LogP contribution in [0.3, 0.4) is 0 Å². The molecule has 0 spiro atoms. The van der Waals surface area contributed by atoms with Crippen LogP contribution in [0.1, 0.15) is 17.1 Å². The van der Waals surface area contributed by atoms with E-state index in [4.69, 9.17) is 0 Å². The molecule has 0 bridgehead atoms. The molecule has 0 atom stereocenters. The van der Waals surface area contributed by atoms with E-state index in [1.165, 1.54) is 23.1 Å². The second-order valence-electron chi connectivity index (χ2n) is 5.49. The van der Waals surface area contributed by atoms with E-state index in [-0.39, 0.29) is 11.7 Å². The van der Waals surface area contributed by atoms with Crippen LogP contribution < -0.4 is 10.6 Å². The Bertz CT molecular complexity index is 915. The second kappa shape index (κ2) is 7.79. The van der Waals surface area contributed by atoms with E-state index in [0.717, 1.165) is 21.4 Å². The second-order valence-corrected chi connectivity index (χ2v) is 7.69. The van der Waals surface area contributed by atoms with Crippen LogP contribution in [0.5, 0.6) is 0 Å². The Morgan fingerprint density at radius 1 is 1.15 bits per heavy atom. The number of carbonyl (C=O) groups excluding carboxylic acids is 1. The molecule has 0 aliphatic rings. The van der Waals surface area contributed by atoms with Crippen LogP contribution in [0.25, 0.3) is 5.95 Å². The van der Waals surface area contributed by atoms with Gasteiger partial charge in [-0.3, -0.25) is 4.79 Å². The van der Waals surface area contributed by atoms with Crippen LogP contribution in [0, 0.1) is 20.8 Å². The molecular weight excluding hydrogens is 372 g/mol. The normalized spacial score (nSPS) is 10.8. The smallest absolute Gasteiger partial charge is 0.252 e. The van der Waals surface area contributed by atoms with Crippen molar-refractivity contribution in [3.05, 3.63) is 29.2 Å². The molecule has 0 saturated carbocycles. The molecule has 0 unspecified atom stereocenters. The zero-order valence-electron chi connectivity index (χ0n) is 14.8. The van der Waals surface area contributed by atoms with Crippen molar-refractivity contribution in [3.63, 3.8) is 0 Å². The highest BCUT2D eigenvalue weighted by atomic mass is 32.2. The predicted molar refractivity (Wildman–Crippen MR) is 102 cm³/mol. The van der Waals surface area contributed by atoms with Gasteiger partial charge in [-0.25, -0.2) is 9.97 Å². The summed E-state index contributed by atoms with van der Waals surface area (Å²) in [6.45, 7) is 5.64. The summed E-state index contributed by atoms with van der Waals surface area (Å²) in [7, 11) is 1.78. The van der Waals surface area contributed by atoms with Crippen LogP contribution in [0.2, 0.25) is 0 Å². The van der Waals surface area contributed by atoms with Crippen LogP contribution in [0.15, 0.2) is 16.5 Å². The van der Waals surface area contributed by atoms with Gasteiger partial charge in [0.2, 0.25) is 11.0 Å². The molecule has 2 N–H and O–H groups in total. The monoisotopic (exact) mass is 390 g/mol.